The third kappa shape index (κ3) is 3.92. The smallest absolute Gasteiger partial charge is 0.338 e. The summed E-state index contributed by atoms with van der Waals surface area (Å²) in [5.41, 5.74) is 1.57. The van der Waals surface area contributed by atoms with E-state index < -0.39 is 24.4 Å². The van der Waals surface area contributed by atoms with E-state index in [1.165, 1.54) is 31.4 Å². The summed E-state index contributed by atoms with van der Waals surface area (Å²) >= 11 is 3.31. The second kappa shape index (κ2) is 8.76. The zero-order valence-corrected chi connectivity index (χ0v) is 18.4. The maximum atomic E-state index is 12.6. The Kier molecular flexibility index (Phi) is 5.87. The number of ether oxygens (including phenoxy) is 2. The minimum Gasteiger partial charge on any atom is -0.496 e. The lowest BCUT2D eigenvalue weighted by atomic mass is 10.1. The molecular weight excluding hydrogens is 478 g/mol. The molecule has 3 aromatic carbocycles. The van der Waals surface area contributed by atoms with E-state index in [9.17, 15) is 19.2 Å². The molecule has 160 valence electrons. The summed E-state index contributed by atoms with van der Waals surface area (Å²) in [7, 11) is 1.52. The summed E-state index contributed by atoms with van der Waals surface area (Å²) in [6, 6.07) is 17.2. The van der Waals surface area contributed by atoms with Crippen LogP contribution in [0.4, 0.5) is 5.69 Å². The quantitative estimate of drug-likeness (QED) is 0.289. The summed E-state index contributed by atoms with van der Waals surface area (Å²) < 4.78 is 10.9. The minimum atomic E-state index is -0.695. The Balaban J connectivity index is 1.42. The zero-order chi connectivity index (χ0) is 22.8. The number of carbonyl (C=O) groups is 4. The first kappa shape index (κ1) is 21.5. The first-order valence-corrected chi connectivity index (χ1v) is 10.3. The van der Waals surface area contributed by atoms with Gasteiger partial charge in [0.25, 0.3) is 11.8 Å². The number of benzene rings is 3. The van der Waals surface area contributed by atoms with E-state index in [4.69, 9.17) is 9.47 Å². The van der Waals surface area contributed by atoms with Gasteiger partial charge in [-0.1, -0.05) is 12.1 Å². The molecule has 3 aromatic rings. The van der Waals surface area contributed by atoms with Crippen molar-refractivity contribution in [1.29, 1.82) is 0 Å². The van der Waals surface area contributed by atoms with Gasteiger partial charge < -0.3 is 9.47 Å². The fraction of sp³-hybridized carbons (Fsp3) is 0.0833. The summed E-state index contributed by atoms with van der Waals surface area (Å²) in [5, 5.41) is 0. The second-order valence-corrected chi connectivity index (χ2v) is 7.74. The number of hydrogen-bond donors (Lipinski definition) is 0. The number of hydrogen-bond acceptors (Lipinski definition) is 6. The molecule has 1 aliphatic heterocycles. The number of esters is 1. The fourth-order valence-corrected chi connectivity index (χ4v) is 3.85. The van der Waals surface area contributed by atoms with Gasteiger partial charge in [0.05, 0.1) is 34.0 Å². The molecule has 8 heteroatoms. The number of amides is 2. The number of halogens is 1. The number of nitrogens with zero attached hydrogens (tertiary/aromatic N) is 1. The van der Waals surface area contributed by atoms with Crippen molar-refractivity contribution >= 4 is 45.2 Å². The number of ketones is 1. The number of fused-ring (bicyclic) bond motifs is 1. The van der Waals surface area contributed by atoms with Gasteiger partial charge >= 0.3 is 5.97 Å². The molecule has 0 aromatic heterocycles. The number of Topliss-reactive ketones (excluding diaryl/α,β-unsaturated/α-hetero) is 1. The molecular formula is C24H16BrNO6. The first-order chi connectivity index (χ1) is 15.4. The molecule has 2 amide bonds. The van der Waals surface area contributed by atoms with Crippen molar-refractivity contribution < 1.29 is 28.7 Å². The maximum absolute atomic E-state index is 12.6. The molecule has 0 saturated carbocycles. The molecule has 0 bridgehead atoms. The van der Waals surface area contributed by atoms with Crippen LogP contribution in [0.25, 0.3) is 0 Å². The van der Waals surface area contributed by atoms with Gasteiger partial charge in [0, 0.05) is 5.56 Å². The average molecular weight is 494 g/mol. The summed E-state index contributed by atoms with van der Waals surface area (Å²) in [4.78, 5) is 50.9. The molecule has 7 nitrogen and oxygen atoms in total. The van der Waals surface area contributed by atoms with E-state index in [0.717, 1.165) is 4.90 Å². The van der Waals surface area contributed by atoms with Crippen LogP contribution >= 0.6 is 15.9 Å². The third-order valence-electron chi connectivity index (χ3n) is 4.96. The molecule has 1 aliphatic rings. The van der Waals surface area contributed by atoms with E-state index in [0.29, 0.717) is 32.6 Å². The van der Waals surface area contributed by atoms with Gasteiger partial charge in [0.15, 0.2) is 12.4 Å². The summed E-state index contributed by atoms with van der Waals surface area (Å²) in [6.45, 7) is -0.433. The normalized spacial score (nSPS) is 12.5. The van der Waals surface area contributed by atoms with Gasteiger partial charge in [-0.05, 0) is 70.5 Å². The van der Waals surface area contributed by atoms with Crippen LogP contribution in [0.1, 0.15) is 41.4 Å². The Bertz CT molecular complexity index is 1220. The third-order valence-corrected chi connectivity index (χ3v) is 5.58. The van der Waals surface area contributed by atoms with Crippen molar-refractivity contribution in [2.24, 2.45) is 0 Å². The largest absolute Gasteiger partial charge is 0.496 e. The van der Waals surface area contributed by atoms with E-state index in [2.05, 4.69) is 15.9 Å². The monoisotopic (exact) mass is 493 g/mol. The highest BCUT2D eigenvalue weighted by Crippen LogP contribution is 2.29. The van der Waals surface area contributed by atoms with Gasteiger partial charge in [-0.15, -0.1) is 0 Å². The maximum Gasteiger partial charge on any atom is 0.338 e. The molecule has 4 rings (SSSR count). The van der Waals surface area contributed by atoms with Crippen LogP contribution in [0.2, 0.25) is 0 Å². The lowest BCUT2D eigenvalue weighted by Crippen LogP contribution is -2.29. The number of anilines is 1. The lowest BCUT2D eigenvalue weighted by Gasteiger charge is -2.14. The van der Waals surface area contributed by atoms with E-state index in [1.54, 1.807) is 42.5 Å². The van der Waals surface area contributed by atoms with Crippen molar-refractivity contribution in [2.75, 3.05) is 18.6 Å². The molecule has 32 heavy (non-hydrogen) atoms. The van der Waals surface area contributed by atoms with Gasteiger partial charge in [-0.2, -0.15) is 0 Å². The molecule has 0 unspecified atom stereocenters. The van der Waals surface area contributed by atoms with E-state index >= 15 is 0 Å². The predicted octanol–water partition coefficient (Wildman–Crippen LogP) is 4.30. The topological polar surface area (TPSA) is 90.0 Å². The van der Waals surface area contributed by atoms with Crippen molar-refractivity contribution in [1.82, 2.24) is 0 Å². The Hall–Kier alpha value is -3.78. The van der Waals surface area contributed by atoms with Crippen LogP contribution in [0.5, 0.6) is 5.75 Å². The van der Waals surface area contributed by atoms with Crippen LogP contribution in [0.3, 0.4) is 0 Å². The summed E-state index contributed by atoms with van der Waals surface area (Å²) in [6.07, 6.45) is 0. The highest BCUT2D eigenvalue weighted by molar-refractivity contribution is 9.10. The number of rotatable bonds is 6. The highest BCUT2D eigenvalue weighted by atomic mass is 79.9. The Morgan fingerprint density at radius 2 is 1.47 bits per heavy atom. The van der Waals surface area contributed by atoms with Crippen LogP contribution in [-0.2, 0) is 4.74 Å². The molecule has 1 heterocycles. The SMILES string of the molecule is COc1ccc(C(=O)COC(=O)c2ccc(N3C(=O)c4ccccc4C3=O)cc2)cc1Br. The Morgan fingerprint density at radius 1 is 0.875 bits per heavy atom. The van der Waals surface area contributed by atoms with Gasteiger partial charge in [0.1, 0.15) is 5.75 Å². The molecule has 0 N–H and O–H groups in total. The van der Waals surface area contributed by atoms with E-state index in [1.807, 2.05) is 0 Å². The molecule has 0 radical (unpaired) electrons. The molecule has 0 aliphatic carbocycles. The van der Waals surface area contributed by atoms with Crippen LogP contribution in [0.15, 0.2) is 71.2 Å². The van der Waals surface area contributed by atoms with Crippen molar-refractivity contribution in [3.05, 3.63) is 93.5 Å². The van der Waals surface area contributed by atoms with Crippen LogP contribution in [-0.4, -0.2) is 37.3 Å². The van der Waals surface area contributed by atoms with Gasteiger partial charge in [0.2, 0.25) is 0 Å². The fourth-order valence-electron chi connectivity index (χ4n) is 3.31. The minimum absolute atomic E-state index is 0.189. The van der Waals surface area contributed by atoms with Gasteiger partial charge in [-0.3, -0.25) is 14.4 Å². The summed E-state index contributed by atoms with van der Waals surface area (Å²) in [5.74, 6) is -1.32. The lowest BCUT2D eigenvalue weighted by molar-refractivity contribution is 0.0474. The molecule has 0 atom stereocenters. The number of carbonyl (C=O) groups excluding carboxylic acids is 4. The van der Waals surface area contributed by atoms with Gasteiger partial charge in [-0.25, -0.2) is 9.69 Å². The molecule has 0 spiro atoms. The zero-order valence-electron chi connectivity index (χ0n) is 16.8. The Labute approximate surface area is 191 Å². The highest BCUT2D eigenvalue weighted by Gasteiger charge is 2.36. The van der Waals surface area contributed by atoms with Crippen molar-refractivity contribution in [3.63, 3.8) is 0 Å². The van der Waals surface area contributed by atoms with Crippen molar-refractivity contribution in [2.45, 2.75) is 0 Å². The number of methoxy groups -OCH3 is 1. The molecule has 0 fully saturated rings. The molecule has 0 saturated heterocycles. The first-order valence-electron chi connectivity index (χ1n) is 9.52. The van der Waals surface area contributed by atoms with Crippen LogP contribution in [0, 0.1) is 0 Å². The Morgan fingerprint density at radius 3 is 2.03 bits per heavy atom. The standard InChI is InChI=1S/C24H16BrNO6/c1-31-21-11-8-15(12-19(21)25)20(27)13-32-24(30)14-6-9-16(10-7-14)26-22(28)17-4-2-3-5-18(17)23(26)29/h2-12H,13H2,1H3. The van der Waals surface area contributed by atoms with Crippen LogP contribution < -0.4 is 9.64 Å². The average Bonchev–Trinajstić information content (AvgIpc) is 3.07. The van der Waals surface area contributed by atoms with E-state index in [-0.39, 0.29) is 11.3 Å². The van der Waals surface area contributed by atoms with Crippen molar-refractivity contribution in [3.8, 4) is 5.75 Å². The second-order valence-electron chi connectivity index (χ2n) is 6.89. The number of imide groups is 1. The predicted molar refractivity (Wildman–Crippen MR) is 119 cm³/mol.